The van der Waals surface area contributed by atoms with Crippen LogP contribution in [0.2, 0.25) is 0 Å². The summed E-state index contributed by atoms with van der Waals surface area (Å²) >= 11 is 0. The first kappa shape index (κ1) is 10.4. The van der Waals surface area contributed by atoms with Crippen LogP contribution in [0.25, 0.3) is 0 Å². The highest BCUT2D eigenvalue weighted by Crippen LogP contribution is 2.03. The first-order valence-corrected chi connectivity index (χ1v) is 6.20. The molecule has 0 aromatic rings. The van der Waals surface area contributed by atoms with E-state index >= 15 is 0 Å². The molecule has 2 rings (SSSR count). The number of piperidine rings is 1. The fourth-order valence-electron chi connectivity index (χ4n) is 2.58. The first-order chi connectivity index (χ1) is 6.95. The van der Waals surface area contributed by atoms with E-state index in [9.17, 15) is 0 Å². The summed E-state index contributed by atoms with van der Waals surface area (Å²) in [5, 5.41) is 2.56. The molecule has 2 aliphatic rings. The van der Waals surface area contributed by atoms with E-state index in [1.165, 1.54) is 51.9 Å². The van der Waals surface area contributed by atoms with Gasteiger partial charge in [0.25, 0.3) is 0 Å². The van der Waals surface area contributed by atoms with Gasteiger partial charge < -0.3 is 15.0 Å². The summed E-state index contributed by atoms with van der Waals surface area (Å²) in [7, 11) is 0. The molecule has 0 spiro atoms. The first-order valence-electron chi connectivity index (χ1n) is 6.20. The summed E-state index contributed by atoms with van der Waals surface area (Å²) in [4.78, 5) is 1.76. The third-order valence-electron chi connectivity index (χ3n) is 3.60. The molecular formula is C11H24N2O+2. The molecule has 3 heteroatoms. The molecule has 0 unspecified atom stereocenters. The van der Waals surface area contributed by atoms with Crippen LogP contribution < -0.4 is 10.2 Å². The van der Waals surface area contributed by atoms with Crippen molar-refractivity contribution in [2.24, 2.45) is 0 Å². The van der Waals surface area contributed by atoms with Crippen molar-refractivity contribution in [2.45, 2.75) is 31.7 Å². The van der Waals surface area contributed by atoms with Crippen LogP contribution in [0.3, 0.4) is 0 Å². The maximum atomic E-state index is 5.36. The van der Waals surface area contributed by atoms with Crippen LogP contribution in [0.4, 0.5) is 0 Å². The maximum absolute atomic E-state index is 5.36. The number of hydrogen-bond acceptors (Lipinski definition) is 1. The van der Waals surface area contributed by atoms with Crippen molar-refractivity contribution in [1.82, 2.24) is 0 Å². The Kier molecular flexibility index (Phi) is 4.22. The number of nitrogens with two attached hydrogens (primary N) is 1. The molecule has 82 valence electrons. The van der Waals surface area contributed by atoms with E-state index in [0.29, 0.717) is 0 Å². The van der Waals surface area contributed by atoms with Gasteiger partial charge in [-0.3, -0.25) is 0 Å². The minimum atomic E-state index is 0.930. The lowest BCUT2D eigenvalue weighted by Crippen LogP contribution is -3.14. The number of quaternary nitrogens is 2. The maximum Gasteiger partial charge on any atom is 0.101 e. The predicted octanol–water partition coefficient (Wildman–Crippen LogP) is -1.59. The van der Waals surface area contributed by atoms with Gasteiger partial charge in [-0.25, -0.2) is 0 Å². The summed E-state index contributed by atoms with van der Waals surface area (Å²) in [6, 6.07) is 0.930. The molecule has 0 bridgehead atoms. The smallest absolute Gasteiger partial charge is 0.101 e. The zero-order chi connectivity index (χ0) is 9.64. The van der Waals surface area contributed by atoms with Gasteiger partial charge >= 0.3 is 0 Å². The average molecular weight is 200 g/mol. The molecule has 0 aromatic carbocycles. The van der Waals surface area contributed by atoms with Crippen LogP contribution in [-0.4, -0.2) is 45.4 Å². The molecule has 0 radical (unpaired) electrons. The summed E-state index contributed by atoms with van der Waals surface area (Å²) in [5.41, 5.74) is 0. The number of rotatable bonds is 3. The molecule has 0 amide bonds. The molecule has 2 saturated heterocycles. The molecule has 0 saturated carbocycles. The molecule has 0 aromatic heterocycles. The van der Waals surface area contributed by atoms with Gasteiger partial charge in [-0.1, -0.05) is 0 Å². The molecule has 14 heavy (non-hydrogen) atoms. The Hall–Kier alpha value is -0.120. The largest absolute Gasteiger partial charge is 0.370 e. The Balaban J connectivity index is 1.60. The van der Waals surface area contributed by atoms with Gasteiger partial charge in [0, 0.05) is 6.42 Å². The summed E-state index contributed by atoms with van der Waals surface area (Å²) < 4.78 is 5.36. The Bertz CT molecular complexity index is 133. The van der Waals surface area contributed by atoms with E-state index in [0.717, 1.165) is 19.3 Å². The third-order valence-corrected chi connectivity index (χ3v) is 3.60. The van der Waals surface area contributed by atoms with Crippen LogP contribution >= 0.6 is 0 Å². The zero-order valence-electron chi connectivity index (χ0n) is 9.13. The Morgan fingerprint density at radius 2 is 2.07 bits per heavy atom. The highest BCUT2D eigenvalue weighted by molar-refractivity contribution is 4.58. The minimum absolute atomic E-state index is 0.930. The molecular weight excluding hydrogens is 176 g/mol. The van der Waals surface area contributed by atoms with Crippen molar-refractivity contribution >= 4 is 0 Å². The van der Waals surface area contributed by atoms with E-state index < -0.39 is 0 Å². The van der Waals surface area contributed by atoms with Gasteiger partial charge in [-0.2, -0.15) is 0 Å². The van der Waals surface area contributed by atoms with Crippen LogP contribution in [0, 0.1) is 0 Å². The Morgan fingerprint density at radius 1 is 1.21 bits per heavy atom. The van der Waals surface area contributed by atoms with Crippen molar-refractivity contribution < 1.29 is 15.0 Å². The highest BCUT2D eigenvalue weighted by Gasteiger charge is 2.20. The normalized spacial score (nSPS) is 30.4. The van der Waals surface area contributed by atoms with Crippen LogP contribution in [0.5, 0.6) is 0 Å². The fourth-order valence-corrected chi connectivity index (χ4v) is 2.58. The van der Waals surface area contributed by atoms with E-state index in [1.807, 2.05) is 0 Å². The fraction of sp³-hybridized carbons (Fsp3) is 1.00. The number of nitrogens with one attached hydrogen (secondary N) is 1. The van der Waals surface area contributed by atoms with Crippen LogP contribution in [0.1, 0.15) is 25.7 Å². The van der Waals surface area contributed by atoms with Crippen molar-refractivity contribution in [3.63, 3.8) is 0 Å². The standard InChI is InChI=1S/C11H22N2O/c1-2-5-12-11(3-1)4-6-13-7-9-14-10-8-13/h11-12H,1-10H2/p+2/t11-/m0/s1. The van der Waals surface area contributed by atoms with Crippen molar-refractivity contribution in [1.29, 1.82) is 0 Å². The molecule has 2 heterocycles. The van der Waals surface area contributed by atoms with Crippen LogP contribution in [-0.2, 0) is 4.74 Å². The molecule has 2 fully saturated rings. The van der Waals surface area contributed by atoms with Crippen LogP contribution in [0.15, 0.2) is 0 Å². The lowest BCUT2D eigenvalue weighted by Gasteiger charge is -2.26. The Labute approximate surface area is 86.8 Å². The summed E-state index contributed by atoms with van der Waals surface area (Å²) in [5.74, 6) is 0. The SMILES string of the molecule is C1CC[C@@H](CC[NH+]2CCOCC2)[NH2+]C1. The van der Waals surface area contributed by atoms with Gasteiger partial charge in [0.1, 0.15) is 13.1 Å². The quantitative estimate of drug-likeness (QED) is 0.565. The van der Waals surface area contributed by atoms with E-state index in [4.69, 9.17) is 4.74 Å². The van der Waals surface area contributed by atoms with Gasteiger partial charge in [-0.15, -0.1) is 0 Å². The van der Waals surface area contributed by atoms with E-state index in [1.54, 1.807) is 4.90 Å². The van der Waals surface area contributed by atoms with Gasteiger partial charge in [0.2, 0.25) is 0 Å². The number of morpholine rings is 1. The van der Waals surface area contributed by atoms with Crippen molar-refractivity contribution in [2.75, 3.05) is 39.4 Å². The molecule has 1 atom stereocenters. The zero-order valence-corrected chi connectivity index (χ0v) is 9.13. The molecule has 3 N–H and O–H groups in total. The average Bonchev–Trinajstić information content (AvgIpc) is 2.29. The molecule has 0 aliphatic carbocycles. The van der Waals surface area contributed by atoms with Gasteiger partial charge in [0.05, 0.1) is 32.3 Å². The molecule has 2 aliphatic heterocycles. The Morgan fingerprint density at radius 3 is 2.79 bits per heavy atom. The van der Waals surface area contributed by atoms with E-state index in [2.05, 4.69) is 5.32 Å². The lowest BCUT2D eigenvalue weighted by molar-refractivity contribution is -0.910. The highest BCUT2D eigenvalue weighted by atomic mass is 16.5. The summed E-state index contributed by atoms with van der Waals surface area (Å²) in [6.45, 7) is 7.14. The van der Waals surface area contributed by atoms with E-state index in [-0.39, 0.29) is 0 Å². The number of hydrogen-bond donors (Lipinski definition) is 2. The van der Waals surface area contributed by atoms with Gasteiger partial charge in [0.15, 0.2) is 0 Å². The second-order valence-electron chi connectivity index (χ2n) is 4.68. The second kappa shape index (κ2) is 5.69. The predicted molar refractivity (Wildman–Crippen MR) is 55.4 cm³/mol. The number of ether oxygens (including phenoxy) is 1. The second-order valence-corrected chi connectivity index (χ2v) is 4.68. The third kappa shape index (κ3) is 3.23. The monoisotopic (exact) mass is 200 g/mol. The van der Waals surface area contributed by atoms with Crippen molar-refractivity contribution in [3.8, 4) is 0 Å². The summed E-state index contributed by atoms with van der Waals surface area (Å²) in [6.07, 6.45) is 5.75. The van der Waals surface area contributed by atoms with Gasteiger partial charge in [-0.05, 0) is 19.3 Å². The topological polar surface area (TPSA) is 30.3 Å². The molecule has 3 nitrogen and oxygen atoms in total. The lowest BCUT2D eigenvalue weighted by atomic mass is 10.0. The minimum Gasteiger partial charge on any atom is -0.370 e. The van der Waals surface area contributed by atoms with Crippen molar-refractivity contribution in [3.05, 3.63) is 0 Å².